The van der Waals surface area contributed by atoms with E-state index in [2.05, 4.69) is 26.9 Å². The number of fused-ring (bicyclic) bond motifs is 3. The van der Waals surface area contributed by atoms with Gasteiger partial charge < -0.3 is 10.8 Å². The van der Waals surface area contributed by atoms with Gasteiger partial charge in [0.15, 0.2) is 11.5 Å². The molecule has 2 heterocycles. The van der Waals surface area contributed by atoms with Gasteiger partial charge >= 0.3 is 6.18 Å². The number of aromatic nitrogens is 4. The summed E-state index contributed by atoms with van der Waals surface area (Å²) in [5, 5.41) is 13.5. The molecule has 2 aliphatic carbocycles. The fourth-order valence-corrected chi connectivity index (χ4v) is 6.46. The minimum atomic E-state index is -5.06. The molecular formula is C35H27F8N5O3. The molecule has 3 N–H and O–H groups in total. The Morgan fingerprint density at radius 3 is 2.41 bits per heavy atom. The van der Waals surface area contributed by atoms with Crippen LogP contribution >= 0.6 is 0 Å². The Bertz CT molecular complexity index is 2130. The van der Waals surface area contributed by atoms with Crippen molar-refractivity contribution in [1.29, 1.82) is 0 Å². The highest BCUT2D eigenvalue weighted by Gasteiger charge is 2.68. The standard InChI is InChI=1S/C35H27F8N5O3/c1-33(2,51)6-5-27-45-14-24(17-3-4-26(38)23(11-17)32(44)50)29(46-27)18(7-16-8-19(36)12-20(37)9-16)10-21(49)15-48-31-28(30(47-48)35(41,42)43)22-13-25(22)34(31,39)40/h3-4,8-9,11-12,14,18,22,25,51H,7,10,13,15H2,1-2H3,(H2,44,50)/t18-,22+,25-/m1/s1. The number of rotatable bonds is 9. The molecule has 2 aromatic heterocycles. The molecule has 3 atom stereocenters. The molecule has 0 saturated heterocycles. The van der Waals surface area contributed by atoms with Gasteiger partial charge in [-0.3, -0.25) is 14.3 Å². The van der Waals surface area contributed by atoms with Crippen LogP contribution in [0.2, 0.25) is 0 Å². The number of nitrogens with zero attached hydrogens (tertiary/aromatic N) is 4. The van der Waals surface area contributed by atoms with Crippen molar-refractivity contribution in [3.05, 3.63) is 99.6 Å². The molecule has 51 heavy (non-hydrogen) atoms. The highest BCUT2D eigenvalue weighted by molar-refractivity contribution is 5.94. The maximum Gasteiger partial charge on any atom is 0.435 e. The van der Waals surface area contributed by atoms with E-state index in [9.17, 15) is 41.0 Å². The lowest BCUT2D eigenvalue weighted by molar-refractivity contribution is -0.142. The molecule has 1 fully saturated rings. The van der Waals surface area contributed by atoms with Gasteiger partial charge in [0.05, 0.1) is 11.3 Å². The van der Waals surface area contributed by atoms with Crippen LogP contribution in [0.1, 0.15) is 82.9 Å². The fourth-order valence-electron chi connectivity index (χ4n) is 6.46. The van der Waals surface area contributed by atoms with Gasteiger partial charge in [-0.05, 0) is 73.9 Å². The first-order chi connectivity index (χ1) is 23.7. The second-order valence-corrected chi connectivity index (χ2v) is 13.1. The largest absolute Gasteiger partial charge is 0.435 e. The number of Topliss-reactive ketones (excluding diaryl/α,β-unsaturated/α-hetero) is 1. The number of nitrogens with two attached hydrogens (primary N) is 1. The van der Waals surface area contributed by atoms with E-state index in [-0.39, 0.29) is 41.1 Å². The van der Waals surface area contributed by atoms with E-state index in [0.717, 1.165) is 24.3 Å². The number of amides is 1. The number of aliphatic hydroxyl groups is 1. The molecule has 6 rings (SSSR count). The number of carbonyl (C=O) groups is 2. The number of halogens is 8. The number of ketones is 1. The van der Waals surface area contributed by atoms with Crippen LogP contribution < -0.4 is 5.73 Å². The lowest BCUT2D eigenvalue weighted by Crippen LogP contribution is -2.24. The molecule has 1 saturated carbocycles. The van der Waals surface area contributed by atoms with Crippen LogP contribution in [0.15, 0.2) is 42.6 Å². The van der Waals surface area contributed by atoms with E-state index < -0.39 is 100 Å². The van der Waals surface area contributed by atoms with Gasteiger partial charge in [-0.25, -0.2) is 23.1 Å². The molecule has 266 valence electrons. The first-order valence-corrected chi connectivity index (χ1v) is 15.5. The molecule has 8 nitrogen and oxygen atoms in total. The van der Waals surface area contributed by atoms with E-state index in [1.807, 2.05) is 0 Å². The zero-order valence-corrected chi connectivity index (χ0v) is 26.8. The summed E-state index contributed by atoms with van der Waals surface area (Å²) in [7, 11) is 0. The van der Waals surface area contributed by atoms with Crippen molar-refractivity contribution in [2.75, 3.05) is 0 Å². The monoisotopic (exact) mass is 717 g/mol. The predicted molar refractivity (Wildman–Crippen MR) is 164 cm³/mol. The van der Waals surface area contributed by atoms with Crippen molar-refractivity contribution in [2.45, 2.75) is 69.2 Å². The van der Waals surface area contributed by atoms with Crippen molar-refractivity contribution in [2.24, 2.45) is 11.7 Å². The lowest BCUT2D eigenvalue weighted by Gasteiger charge is -2.21. The summed E-state index contributed by atoms with van der Waals surface area (Å²) in [6.45, 7) is 1.75. The summed E-state index contributed by atoms with van der Waals surface area (Å²) in [5.74, 6) is -7.25. The Hall–Kier alpha value is -5.17. The number of benzene rings is 2. The number of primary amides is 1. The van der Waals surface area contributed by atoms with Crippen molar-refractivity contribution in [3.8, 4) is 23.0 Å². The maximum atomic E-state index is 15.2. The Morgan fingerprint density at radius 2 is 1.78 bits per heavy atom. The SMILES string of the molecule is CC(C)(O)C#Cc1ncc(-c2ccc(F)c(C(N)=O)c2)c([C@@H](CC(=O)Cn2nc(C(F)(F)F)c3c2C(F)(F)[C@@H]2C[C@H]32)Cc2cc(F)cc(F)c2)n1. The topological polar surface area (TPSA) is 124 Å². The summed E-state index contributed by atoms with van der Waals surface area (Å²) in [6.07, 6.45) is -4.98. The van der Waals surface area contributed by atoms with Gasteiger partial charge in [0.25, 0.3) is 11.8 Å². The molecule has 2 aliphatic rings. The summed E-state index contributed by atoms with van der Waals surface area (Å²) >= 11 is 0. The highest BCUT2D eigenvalue weighted by Crippen LogP contribution is 2.68. The molecule has 0 aliphatic heterocycles. The normalized spacial score (nSPS) is 18.0. The zero-order valence-electron chi connectivity index (χ0n) is 26.8. The van der Waals surface area contributed by atoms with E-state index >= 15 is 8.78 Å². The first-order valence-electron chi connectivity index (χ1n) is 15.5. The third-order valence-corrected chi connectivity index (χ3v) is 8.63. The first kappa shape index (κ1) is 35.6. The number of hydrogen-bond donors (Lipinski definition) is 2. The van der Waals surface area contributed by atoms with Gasteiger partial charge in [0.1, 0.15) is 35.3 Å². The minimum absolute atomic E-state index is 0.0156. The van der Waals surface area contributed by atoms with Gasteiger partial charge in [-0.2, -0.15) is 27.1 Å². The van der Waals surface area contributed by atoms with E-state index in [0.29, 0.717) is 10.7 Å². The quantitative estimate of drug-likeness (QED) is 0.157. The van der Waals surface area contributed by atoms with Gasteiger partial charge in [0, 0.05) is 41.6 Å². The number of alkyl halides is 5. The molecule has 0 radical (unpaired) electrons. The Balaban J connectivity index is 1.46. The summed E-state index contributed by atoms with van der Waals surface area (Å²) in [6, 6.07) is 5.82. The summed E-state index contributed by atoms with van der Waals surface area (Å²) in [4.78, 5) is 34.3. The minimum Gasteiger partial charge on any atom is -0.378 e. The molecular weight excluding hydrogens is 690 g/mol. The zero-order chi connectivity index (χ0) is 37.2. The fraction of sp³-hybridized carbons (Fsp3) is 0.343. The Kier molecular flexibility index (Phi) is 8.77. The molecule has 0 unspecified atom stereocenters. The second kappa shape index (κ2) is 12.6. The maximum absolute atomic E-state index is 15.2. The highest BCUT2D eigenvalue weighted by atomic mass is 19.4. The number of carbonyl (C=O) groups excluding carboxylic acids is 2. The molecule has 4 aromatic rings. The molecule has 2 aromatic carbocycles. The molecule has 16 heteroatoms. The van der Waals surface area contributed by atoms with Crippen LogP contribution in [0, 0.1) is 35.2 Å². The van der Waals surface area contributed by atoms with Crippen molar-refractivity contribution in [3.63, 3.8) is 0 Å². The molecule has 0 spiro atoms. The second-order valence-electron chi connectivity index (χ2n) is 13.1. The van der Waals surface area contributed by atoms with Gasteiger partial charge in [-0.1, -0.05) is 12.0 Å². The average molecular weight is 718 g/mol. The van der Waals surface area contributed by atoms with Crippen molar-refractivity contribution < 1.29 is 49.8 Å². The van der Waals surface area contributed by atoms with Crippen LogP contribution in [0.5, 0.6) is 0 Å². The van der Waals surface area contributed by atoms with E-state index in [4.69, 9.17) is 5.73 Å². The van der Waals surface area contributed by atoms with E-state index in [1.54, 1.807) is 0 Å². The van der Waals surface area contributed by atoms with Gasteiger partial charge in [-0.15, -0.1) is 0 Å². The van der Waals surface area contributed by atoms with Crippen molar-refractivity contribution in [1.82, 2.24) is 19.7 Å². The van der Waals surface area contributed by atoms with Crippen LogP contribution in [0.4, 0.5) is 35.1 Å². The Morgan fingerprint density at radius 1 is 1.10 bits per heavy atom. The summed E-state index contributed by atoms with van der Waals surface area (Å²) in [5.41, 5.74) is 0.365. The summed E-state index contributed by atoms with van der Waals surface area (Å²) < 4.78 is 116. The van der Waals surface area contributed by atoms with Gasteiger partial charge in [0.2, 0.25) is 5.82 Å². The third-order valence-electron chi connectivity index (χ3n) is 8.63. The van der Waals surface area contributed by atoms with Crippen LogP contribution in [-0.4, -0.2) is 42.1 Å². The third kappa shape index (κ3) is 7.21. The molecule has 0 bridgehead atoms. The number of hydrogen-bond acceptors (Lipinski definition) is 6. The van der Waals surface area contributed by atoms with Crippen LogP contribution in [-0.2, 0) is 29.9 Å². The predicted octanol–water partition coefficient (Wildman–Crippen LogP) is 6.19. The average Bonchev–Trinajstić information content (AvgIpc) is 3.67. The Labute approximate surface area is 284 Å². The van der Waals surface area contributed by atoms with Crippen LogP contribution in [0.3, 0.4) is 0 Å². The van der Waals surface area contributed by atoms with Crippen molar-refractivity contribution >= 4 is 11.7 Å². The smallest absolute Gasteiger partial charge is 0.378 e. The van der Waals surface area contributed by atoms with E-state index in [1.165, 1.54) is 26.1 Å². The lowest BCUT2D eigenvalue weighted by atomic mass is 9.87. The molecule has 1 amide bonds. The van der Waals surface area contributed by atoms with Crippen LogP contribution in [0.25, 0.3) is 11.1 Å².